The van der Waals surface area contributed by atoms with Crippen molar-refractivity contribution in [1.82, 2.24) is 4.90 Å². The number of rotatable bonds is 0. The lowest BCUT2D eigenvalue weighted by molar-refractivity contribution is -0.139. The zero-order valence-electron chi connectivity index (χ0n) is 13.3. The van der Waals surface area contributed by atoms with E-state index in [1.165, 1.54) is 0 Å². The molecule has 0 aromatic heterocycles. The van der Waals surface area contributed by atoms with Gasteiger partial charge in [-0.15, -0.1) is 0 Å². The molecule has 0 aromatic rings. The van der Waals surface area contributed by atoms with Crippen LogP contribution >= 0.6 is 0 Å². The summed E-state index contributed by atoms with van der Waals surface area (Å²) >= 11 is 0. The van der Waals surface area contributed by atoms with E-state index in [0.29, 0.717) is 17.6 Å². The fourth-order valence-electron chi connectivity index (χ4n) is 5.32. The van der Waals surface area contributed by atoms with Gasteiger partial charge in [-0.3, -0.25) is 4.79 Å². The molecule has 1 N–H and O–H groups in total. The summed E-state index contributed by atoms with van der Waals surface area (Å²) in [5.74, 6) is 1.55. The summed E-state index contributed by atoms with van der Waals surface area (Å²) in [5, 5.41) is 13.1. The van der Waals surface area contributed by atoms with E-state index in [0.717, 1.165) is 63.7 Å². The third-order valence-electron chi connectivity index (χ3n) is 6.24. The van der Waals surface area contributed by atoms with Gasteiger partial charge >= 0.3 is 0 Å². The van der Waals surface area contributed by atoms with Crippen molar-refractivity contribution in [2.24, 2.45) is 28.3 Å². The number of Topliss-reactive ketones (excluding diaryl/α,β-unsaturated/α-hetero) is 1. The Labute approximate surface area is 127 Å². The molecule has 2 aliphatic carbocycles. The zero-order chi connectivity index (χ0) is 15.0. The summed E-state index contributed by atoms with van der Waals surface area (Å²) in [6.07, 6.45) is 6.85. The van der Waals surface area contributed by atoms with E-state index >= 15 is 0 Å². The van der Waals surface area contributed by atoms with Crippen molar-refractivity contribution in [3.8, 4) is 0 Å². The fraction of sp³-hybridized carbons (Fsp3) is 0.882. The summed E-state index contributed by atoms with van der Waals surface area (Å²) in [4.78, 5) is 15.4. The molecule has 1 spiro atoms. The predicted molar refractivity (Wildman–Crippen MR) is 82.6 cm³/mol. The van der Waals surface area contributed by atoms with Crippen LogP contribution in [0.25, 0.3) is 0 Å². The number of hydrogen-bond donors (Lipinski definition) is 1. The highest BCUT2D eigenvalue weighted by Crippen LogP contribution is 2.57. The summed E-state index contributed by atoms with van der Waals surface area (Å²) in [5.41, 5.74) is 0.700. The minimum absolute atomic E-state index is 0.194. The van der Waals surface area contributed by atoms with E-state index < -0.39 is 0 Å². The molecule has 0 bridgehead atoms. The zero-order valence-corrected chi connectivity index (χ0v) is 13.3. The van der Waals surface area contributed by atoms with Gasteiger partial charge in [0, 0.05) is 17.8 Å². The molecule has 1 aliphatic heterocycles. The second-order valence-electron chi connectivity index (χ2n) is 7.60. The molecular weight excluding hydrogens is 264 g/mol. The van der Waals surface area contributed by atoms with Crippen LogP contribution in [0.15, 0.2) is 5.16 Å². The Kier molecular flexibility index (Phi) is 4.08. The molecule has 4 nitrogen and oxygen atoms in total. The average Bonchev–Trinajstić information content (AvgIpc) is 2.76. The maximum atomic E-state index is 13.0. The molecule has 0 amide bonds. The molecule has 3 aliphatic rings. The summed E-state index contributed by atoms with van der Waals surface area (Å²) in [7, 11) is 2.17. The second kappa shape index (κ2) is 5.71. The minimum Gasteiger partial charge on any atom is -0.411 e. The van der Waals surface area contributed by atoms with E-state index in [1.807, 2.05) is 0 Å². The number of nitrogens with zero attached hydrogens (tertiary/aromatic N) is 2. The SMILES string of the molecule is C[C@H]1CC(=O)[C@]23CCCN(C)CCC[C@H]2/C(=N/O)C[C@@H]3C1. The lowest BCUT2D eigenvalue weighted by atomic mass is 9.58. The molecule has 2 saturated carbocycles. The largest absolute Gasteiger partial charge is 0.411 e. The standard InChI is InChI=1S/C17H28N2O2/c1-12-9-13-11-15(18-21)14-5-3-7-19(2)8-4-6-17(13,14)16(20)10-12/h12-14,21H,3-11H2,1-2H3/b18-15+/t12-,13+,14+,17+/m1/s1. The van der Waals surface area contributed by atoms with Gasteiger partial charge in [-0.2, -0.15) is 0 Å². The lowest BCUT2D eigenvalue weighted by Crippen LogP contribution is -2.46. The molecule has 4 heteroatoms. The molecule has 3 rings (SSSR count). The van der Waals surface area contributed by atoms with E-state index in [4.69, 9.17) is 0 Å². The topological polar surface area (TPSA) is 52.9 Å². The molecule has 0 radical (unpaired) electrons. The van der Waals surface area contributed by atoms with Crippen LogP contribution in [-0.4, -0.2) is 41.7 Å². The van der Waals surface area contributed by atoms with Crippen molar-refractivity contribution in [2.75, 3.05) is 20.1 Å². The normalized spacial score (nSPS) is 43.8. The third-order valence-corrected chi connectivity index (χ3v) is 6.24. The molecular formula is C17H28N2O2. The average molecular weight is 292 g/mol. The smallest absolute Gasteiger partial charge is 0.140 e. The second-order valence-corrected chi connectivity index (χ2v) is 7.60. The van der Waals surface area contributed by atoms with Gasteiger partial charge < -0.3 is 10.1 Å². The Morgan fingerprint density at radius 2 is 2.05 bits per heavy atom. The number of carbonyl (C=O) groups is 1. The highest BCUT2D eigenvalue weighted by molar-refractivity contribution is 5.99. The van der Waals surface area contributed by atoms with Crippen LogP contribution in [0.2, 0.25) is 0 Å². The number of hydrogen-bond acceptors (Lipinski definition) is 4. The molecule has 1 heterocycles. The number of ketones is 1. The quantitative estimate of drug-likeness (QED) is 0.551. The monoisotopic (exact) mass is 292 g/mol. The molecule has 0 unspecified atom stereocenters. The van der Waals surface area contributed by atoms with Crippen LogP contribution < -0.4 is 0 Å². The van der Waals surface area contributed by atoms with Crippen molar-refractivity contribution < 1.29 is 10.0 Å². The van der Waals surface area contributed by atoms with Gasteiger partial charge in [-0.25, -0.2) is 0 Å². The Hall–Kier alpha value is -0.900. The van der Waals surface area contributed by atoms with Gasteiger partial charge in [0.25, 0.3) is 0 Å². The molecule has 3 fully saturated rings. The minimum atomic E-state index is -0.209. The number of oxime groups is 1. The van der Waals surface area contributed by atoms with Crippen LogP contribution in [0.4, 0.5) is 0 Å². The summed E-state index contributed by atoms with van der Waals surface area (Å²) in [6.45, 7) is 4.35. The van der Waals surface area contributed by atoms with Gasteiger partial charge in [-0.05, 0) is 70.5 Å². The first kappa shape index (κ1) is 15.0. The predicted octanol–water partition coefficient (Wildman–Crippen LogP) is 2.94. The highest BCUT2D eigenvalue weighted by atomic mass is 16.4. The van der Waals surface area contributed by atoms with E-state index in [2.05, 4.69) is 24.0 Å². The van der Waals surface area contributed by atoms with Gasteiger partial charge in [0.05, 0.1) is 5.71 Å². The maximum Gasteiger partial charge on any atom is 0.140 e. The maximum absolute atomic E-state index is 13.0. The first-order valence-corrected chi connectivity index (χ1v) is 8.50. The third kappa shape index (κ3) is 2.41. The van der Waals surface area contributed by atoms with Crippen LogP contribution in [0.3, 0.4) is 0 Å². The lowest BCUT2D eigenvalue weighted by Gasteiger charge is -2.43. The van der Waals surface area contributed by atoms with Crippen molar-refractivity contribution in [2.45, 2.75) is 51.9 Å². The first-order chi connectivity index (χ1) is 10.1. The molecule has 1 saturated heterocycles. The van der Waals surface area contributed by atoms with Gasteiger partial charge in [0.2, 0.25) is 0 Å². The number of carbonyl (C=O) groups excluding carboxylic acids is 1. The van der Waals surface area contributed by atoms with Crippen LogP contribution in [0, 0.1) is 23.2 Å². The van der Waals surface area contributed by atoms with Gasteiger partial charge in [-0.1, -0.05) is 12.1 Å². The Morgan fingerprint density at radius 3 is 2.81 bits per heavy atom. The Morgan fingerprint density at radius 1 is 1.29 bits per heavy atom. The van der Waals surface area contributed by atoms with Crippen molar-refractivity contribution in [3.63, 3.8) is 0 Å². The highest BCUT2D eigenvalue weighted by Gasteiger charge is 2.59. The molecule has 0 aromatic carbocycles. The molecule has 4 atom stereocenters. The van der Waals surface area contributed by atoms with E-state index in [1.54, 1.807) is 0 Å². The first-order valence-electron chi connectivity index (χ1n) is 8.50. The van der Waals surface area contributed by atoms with E-state index in [9.17, 15) is 10.0 Å². The Bertz CT molecular complexity index is 448. The van der Waals surface area contributed by atoms with Crippen molar-refractivity contribution in [1.29, 1.82) is 0 Å². The van der Waals surface area contributed by atoms with Crippen molar-refractivity contribution in [3.05, 3.63) is 0 Å². The fourth-order valence-corrected chi connectivity index (χ4v) is 5.32. The molecule has 118 valence electrons. The van der Waals surface area contributed by atoms with Crippen molar-refractivity contribution >= 4 is 11.5 Å². The molecule has 21 heavy (non-hydrogen) atoms. The van der Waals surface area contributed by atoms with Crippen LogP contribution in [-0.2, 0) is 4.79 Å². The van der Waals surface area contributed by atoms with Gasteiger partial charge in [0.1, 0.15) is 5.78 Å². The van der Waals surface area contributed by atoms with Crippen LogP contribution in [0.1, 0.15) is 51.9 Å². The summed E-state index contributed by atoms with van der Waals surface area (Å²) in [6, 6.07) is 0. The summed E-state index contributed by atoms with van der Waals surface area (Å²) < 4.78 is 0. The van der Waals surface area contributed by atoms with E-state index in [-0.39, 0.29) is 11.3 Å². The van der Waals surface area contributed by atoms with Gasteiger partial charge in [0.15, 0.2) is 0 Å². The Balaban J connectivity index is 1.97. The van der Waals surface area contributed by atoms with Crippen LogP contribution in [0.5, 0.6) is 0 Å².